The molecule has 0 saturated heterocycles. The van der Waals surface area contributed by atoms with Crippen LogP contribution in [-0.4, -0.2) is 5.91 Å². The van der Waals surface area contributed by atoms with Gasteiger partial charge in [-0.3, -0.25) is 4.79 Å². The van der Waals surface area contributed by atoms with E-state index < -0.39 is 0 Å². The van der Waals surface area contributed by atoms with Gasteiger partial charge in [-0.25, -0.2) is 0 Å². The summed E-state index contributed by atoms with van der Waals surface area (Å²) in [5.41, 5.74) is 3.00. The molecule has 120 valence electrons. The van der Waals surface area contributed by atoms with Crippen molar-refractivity contribution in [2.45, 2.75) is 13.0 Å². The number of pyridine rings is 1. The smallest absolute Gasteiger partial charge is 0.293 e. The Morgan fingerprint density at radius 3 is 2.33 bits per heavy atom. The molecule has 0 fully saturated rings. The van der Waals surface area contributed by atoms with Crippen LogP contribution in [0.25, 0.3) is 11.1 Å². The van der Waals surface area contributed by atoms with Crippen LogP contribution in [0.5, 0.6) is 0 Å². The highest BCUT2D eigenvalue weighted by molar-refractivity contribution is 9.10. The minimum absolute atomic E-state index is 0.0486. The van der Waals surface area contributed by atoms with Crippen LogP contribution in [0.1, 0.15) is 13.0 Å². The number of nitrogens with one attached hydrogen (secondary N) is 1. The Labute approximate surface area is 150 Å². The molecule has 1 atom stereocenters. The van der Waals surface area contributed by atoms with Crippen LogP contribution in [0.4, 0.5) is 5.69 Å². The average molecular weight is 382 g/mol. The standard InChI is InChI=1S/C20H17BrN2O/c1-15(20(24)22-19-11-9-18(21)10-12-19)23-13-5-8-17(14-23)16-6-3-2-4-7-16/h2-15H,1H3/p+1/t15-/m1/s1. The molecule has 2 aromatic carbocycles. The fraction of sp³-hybridized carbons (Fsp3) is 0.100. The molecule has 0 radical (unpaired) electrons. The molecule has 4 heteroatoms. The van der Waals surface area contributed by atoms with Crippen molar-refractivity contribution in [3.05, 3.63) is 83.6 Å². The Balaban J connectivity index is 1.78. The van der Waals surface area contributed by atoms with Gasteiger partial charge in [-0.1, -0.05) is 46.3 Å². The van der Waals surface area contributed by atoms with E-state index in [4.69, 9.17) is 0 Å². The molecule has 1 N–H and O–H groups in total. The van der Waals surface area contributed by atoms with Gasteiger partial charge < -0.3 is 5.32 Å². The Morgan fingerprint density at radius 1 is 0.958 bits per heavy atom. The summed E-state index contributed by atoms with van der Waals surface area (Å²) in [4.78, 5) is 12.5. The minimum Gasteiger partial charge on any atom is -0.320 e. The summed E-state index contributed by atoms with van der Waals surface area (Å²) in [5.74, 6) is -0.0486. The van der Waals surface area contributed by atoms with E-state index in [9.17, 15) is 4.79 Å². The summed E-state index contributed by atoms with van der Waals surface area (Å²) in [5, 5.41) is 2.95. The largest absolute Gasteiger partial charge is 0.320 e. The lowest BCUT2D eigenvalue weighted by Crippen LogP contribution is -2.44. The summed E-state index contributed by atoms with van der Waals surface area (Å²) >= 11 is 3.39. The molecule has 0 aliphatic heterocycles. The quantitative estimate of drug-likeness (QED) is 0.658. The zero-order valence-corrected chi connectivity index (χ0v) is 14.9. The van der Waals surface area contributed by atoms with E-state index in [1.165, 1.54) is 0 Å². The molecular weight excluding hydrogens is 364 g/mol. The first-order chi connectivity index (χ1) is 11.6. The fourth-order valence-electron chi connectivity index (χ4n) is 2.45. The highest BCUT2D eigenvalue weighted by Crippen LogP contribution is 2.18. The zero-order chi connectivity index (χ0) is 16.9. The normalized spacial score (nSPS) is 11.8. The number of halogens is 1. The monoisotopic (exact) mass is 381 g/mol. The molecule has 0 aliphatic rings. The van der Waals surface area contributed by atoms with Crippen molar-refractivity contribution in [3.8, 4) is 11.1 Å². The Hall–Kier alpha value is -2.46. The van der Waals surface area contributed by atoms with E-state index in [1.807, 2.05) is 78.5 Å². The fourth-order valence-corrected chi connectivity index (χ4v) is 2.71. The molecule has 0 saturated carbocycles. The van der Waals surface area contributed by atoms with Crippen LogP contribution in [-0.2, 0) is 4.79 Å². The number of anilines is 1. The number of aromatic nitrogens is 1. The van der Waals surface area contributed by atoms with Gasteiger partial charge in [0.05, 0.1) is 0 Å². The van der Waals surface area contributed by atoms with Crippen LogP contribution in [0.15, 0.2) is 83.6 Å². The van der Waals surface area contributed by atoms with E-state index >= 15 is 0 Å². The predicted molar refractivity (Wildman–Crippen MR) is 99.6 cm³/mol. The molecule has 0 bridgehead atoms. The minimum atomic E-state index is -0.308. The van der Waals surface area contributed by atoms with Crippen LogP contribution in [0, 0.1) is 0 Å². The molecule has 3 aromatic rings. The molecule has 1 amide bonds. The highest BCUT2D eigenvalue weighted by atomic mass is 79.9. The second-order valence-corrected chi connectivity index (χ2v) is 6.49. The zero-order valence-electron chi connectivity index (χ0n) is 13.3. The van der Waals surface area contributed by atoms with Crippen molar-refractivity contribution in [1.29, 1.82) is 0 Å². The van der Waals surface area contributed by atoms with Crippen LogP contribution >= 0.6 is 15.9 Å². The van der Waals surface area contributed by atoms with E-state index in [0.29, 0.717) is 0 Å². The Kier molecular flexibility index (Phi) is 5.06. The number of carbonyl (C=O) groups is 1. The molecule has 0 spiro atoms. The van der Waals surface area contributed by atoms with Gasteiger partial charge in [0.2, 0.25) is 6.04 Å². The number of hydrogen-bond acceptors (Lipinski definition) is 1. The average Bonchev–Trinajstić information content (AvgIpc) is 2.64. The maximum absolute atomic E-state index is 12.5. The lowest BCUT2D eigenvalue weighted by Gasteiger charge is -2.10. The number of rotatable bonds is 4. The number of hydrogen-bond donors (Lipinski definition) is 1. The molecule has 3 rings (SSSR count). The third-order valence-electron chi connectivity index (χ3n) is 3.87. The van der Waals surface area contributed by atoms with Crippen molar-refractivity contribution >= 4 is 27.5 Å². The van der Waals surface area contributed by atoms with Crippen molar-refractivity contribution in [1.82, 2.24) is 0 Å². The number of carbonyl (C=O) groups excluding carboxylic acids is 1. The number of benzene rings is 2. The maximum Gasteiger partial charge on any atom is 0.293 e. The topological polar surface area (TPSA) is 33.0 Å². The van der Waals surface area contributed by atoms with E-state index in [0.717, 1.165) is 21.3 Å². The maximum atomic E-state index is 12.5. The molecule has 0 unspecified atom stereocenters. The summed E-state index contributed by atoms with van der Waals surface area (Å²) in [6.45, 7) is 1.89. The third-order valence-corrected chi connectivity index (χ3v) is 4.40. The molecule has 0 aliphatic carbocycles. The van der Waals surface area contributed by atoms with Crippen molar-refractivity contribution in [2.75, 3.05) is 5.32 Å². The van der Waals surface area contributed by atoms with E-state index in [2.05, 4.69) is 33.4 Å². The van der Waals surface area contributed by atoms with Crippen molar-refractivity contribution < 1.29 is 9.36 Å². The van der Waals surface area contributed by atoms with Crippen LogP contribution in [0.2, 0.25) is 0 Å². The van der Waals surface area contributed by atoms with E-state index in [-0.39, 0.29) is 11.9 Å². The SMILES string of the molecule is C[C@H](C(=O)Nc1ccc(Br)cc1)[n+]1cccc(-c2ccccc2)c1. The second-order valence-electron chi connectivity index (χ2n) is 5.58. The summed E-state index contributed by atoms with van der Waals surface area (Å²) in [6.07, 6.45) is 3.92. The molecule has 24 heavy (non-hydrogen) atoms. The van der Waals surface area contributed by atoms with Gasteiger partial charge in [0.1, 0.15) is 0 Å². The van der Waals surface area contributed by atoms with Gasteiger partial charge in [0, 0.05) is 28.7 Å². The summed E-state index contributed by atoms with van der Waals surface area (Å²) < 4.78 is 2.91. The Morgan fingerprint density at radius 2 is 1.62 bits per heavy atom. The highest BCUT2D eigenvalue weighted by Gasteiger charge is 2.22. The van der Waals surface area contributed by atoms with Gasteiger partial charge in [-0.05, 0) is 35.9 Å². The van der Waals surface area contributed by atoms with Crippen molar-refractivity contribution in [3.63, 3.8) is 0 Å². The van der Waals surface area contributed by atoms with Gasteiger partial charge in [-0.15, -0.1) is 0 Å². The first-order valence-corrected chi connectivity index (χ1v) is 8.55. The van der Waals surface area contributed by atoms with Gasteiger partial charge >= 0.3 is 0 Å². The molecule has 3 nitrogen and oxygen atoms in total. The third kappa shape index (κ3) is 3.89. The Bertz CT molecular complexity index is 832. The molecule has 1 heterocycles. The molecule has 1 aromatic heterocycles. The van der Waals surface area contributed by atoms with Crippen LogP contribution in [0.3, 0.4) is 0 Å². The van der Waals surface area contributed by atoms with Gasteiger partial charge in [0.25, 0.3) is 5.91 Å². The lowest BCUT2D eigenvalue weighted by atomic mass is 10.1. The first kappa shape index (κ1) is 16.4. The van der Waals surface area contributed by atoms with Crippen molar-refractivity contribution in [2.24, 2.45) is 0 Å². The summed E-state index contributed by atoms with van der Waals surface area (Å²) in [7, 11) is 0. The second kappa shape index (κ2) is 7.41. The van der Waals surface area contributed by atoms with Gasteiger partial charge in [-0.2, -0.15) is 4.57 Å². The first-order valence-electron chi connectivity index (χ1n) is 7.76. The predicted octanol–water partition coefficient (Wildman–Crippen LogP) is 4.60. The van der Waals surface area contributed by atoms with Crippen LogP contribution < -0.4 is 9.88 Å². The number of nitrogens with zero attached hydrogens (tertiary/aromatic N) is 1. The van der Waals surface area contributed by atoms with E-state index in [1.54, 1.807) is 0 Å². The van der Waals surface area contributed by atoms with Gasteiger partial charge in [0.15, 0.2) is 12.4 Å². The summed E-state index contributed by atoms with van der Waals surface area (Å²) in [6, 6.07) is 21.4. The number of amides is 1. The lowest BCUT2D eigenvalue weighted by molar-refractivity contribution is -0.705. The molecular formula is C20H18BrN2O+.